The first kappa shape index (κ1) is 14.1. The van der Waals surface area contributed by atoms with Gasteiger partial charge in [0.1, 0.15) is 0 Å². The van der Waals surface area contributed by atoms with Crippen LogP contribution in [0.5, 0.6) is 0 Å². The molecule has 2 N–H and O–H groups in total. The molecule has 0 saturated carbocycles. The van der Waals surface area contributed by atoms with Crippen molar-refractivity contribution in [1.29, 1.82) is 0 Å². The van der Waals surface area contributed by atoms with Gasteiger partial charge in [-0.05, 0) is 39.1 Å². The van der Waals surface area contributed by atoms with Crippen molar-refractivity contribution >= 4 is 22.3 Å². The number of rotatable bonds is 1. The van der Waals surface area contributed by atoms with Gasteiger partial charge in [0, 0.05) is 42.4 Å². The van der Waals surface area contributed by atoms with E-state index in [2.05, 4.69) is 35.7 Å². The number of hydrogen-bond donors (Lipinski definition) is 1. The smallest absolute Gasteiger partial charge is 0.150 e. The molecule has 2 aromatic rings. The summed E-state index contributed by atoms with van der Waals surface area (Å²) < 4.78 is 14.5. The SMILES string of the molecule is CN1CCN(c2c(F)cc(N)c3cccnc23)CC1(C)C. The van der Waals surface area contributed by atoms with E-state index in [4.69, 9.17) is 5.73 Å². The van der Waals surface area contributed by atoms with Crippen LogP contribution in [0.4, 0.5) is 15.8 Å². The lowest BCUT2D eigenvalue weighted by Gasteiger charge is -2.46. The third-order valence-electron chi connectivity index (χ3n) is 4.48. The molecule has 0 spiro atoms. The molecule has 5 heteroatoms. The van der Waals surface area contributed by atoms with E-state index in [9.17, 15) is 4.39 Å². The van der Waals surface area contributed by atoms with Crippen LogP contribution in [0.25, 0.3) is 10.9 Å². The Kier molecular flexibility index (Phi) is 3.24. The molecule has 0 bridgehead atoms. The summed E-state index contributed by atoms with van der Waals surface area (Å²) in [5.41, 5.74) is 7.57. The Balaban J connectivity index is 2.13. The molecule has 0 unspecified atom stereocenters. The van der Waals surface area contributed by atoms with E-state index in [1.807, 2.05) is 12.1 Å². The lowest BCUT2D eigenvalue weighted by Crippen LogP contribution is -2.58. The third-order valence-corrected chi connectivity index (χ3v) is 4.48. The van der Waals surface area contributed by atoms with Crippen molar-refractivity contribution in [2.24, 2.45) is 0 Å². The topological polar surface area (TPSA) is 45.4 Å². The second-order valence-electron chi connectivity index (χ2n) is 6.35. The Morgan fingerprint density at radius 3 is 2.81 bits per heavy atom. The van der Waals surface area contributed by atoms with Crippen LogP contribution in [-0.4, -0.2) is 42.1 Å². The number of aromatic nitrogens is 1. The van der Waals surface area contributed by atoms with Gasteiger partial charge in [0.25, 0.3) is 0 Å². The van der Waals surface area contributed by atoms with Crippen molar-refractivity contribution in [2.45, 2.75) is 19.4 Å². The molecular formula is C16H21FN4. The maximum atomic E-state index is 14.5. The molecule has 21 heavy (non-hydrogen) atoms. The molecule has 1 saturated heterocycles. The molecule has 4 nitrogen and oxygen atoms in total. The Labute approximate surface area is 124 Å². The van der Waals surface area contributed by atoms with Crippen molar-refractivity contribution in [3.63, 3.8) is 0 Å². The van der Waals surface area contributed by atoms with E-state index in [0.29, 0.717) is 16.9 Å². The zero-order chi connectivity index (χ0) is 15.2. The number of nitrogen functional groups attached to an aromatic ring is 1. The molecule has 2 heterocycles. The molecule has 0 amide bonds. The van der Waals surface area contributed by atoms with E-state index in [0.717, 1.165) is 25.0 Å². The van der Waals surface area contributed by atoms with Crippen LogP contribution < -0.4 is 10.6 Å². The molecule has 3 rings (SSSR count). The first-order chi connectivity index (χ1) is 9.90. The number of pyridine rings is 1. The summed E-state index contributed by atoms with van der Waals surface area (Å²) in [5, 5.41) is 0.811. The summed E-state index contributed by atoms with van der Waals surface area (Å²) in [5.74, 6) is -0.293. The van der Waals surface area contributed by atoms with Gasteiger partial charge in [0.05, 0.1) is 11.2 Å². The molecule has 0 aliphatic carbocycles. The normalized spacial score (nSPS) is 19.1. The highest BCUT2D eigenvalue weighted by Crippen LogP contribution is 2.34. The lowest BCUT2D eigenvalue weighted by atomic mass is 9.98. The van der Waals surface area contributed by atoms with E-state index in [1.54, 1.807) is 6.20 Å². The average molecular weight is 288 g/mol. The Morgan fingerprint density at radius 2 is 2.10 bits per heavy atom. The number of likely N-dealkylation sites (N-methyl/N-ethyl adjacent to an activating group) is 1. The fourth-order valence-corrected chi connectivity index (χ4v) is 2.95. The average Bonchev–Trinajstić information content (AvgIpc) is 2.42. The number of nitrogens with zero attached hydrogens (tertiary/aromatic N) is 3. The number of piperazine rings is 1. The minimum atomic E-state index is -0.293. The van der Waals surface area contributed by atoms with Crippen molar-refractivity contribution in [3.8, 4) is 0 Å². The molecule has 1 aromatic heterocycles. The minimum Gasteiger partial charge on any atom is -0.398 e. The van der Waals surface area contributed by atoms with Gasteiger partial charge in [-0.3, -0.25) is 9.88 Å². The van der Waals surface area contributed by atoms with Crippen LogP contribution in [0.15, 0.2) is 24.4 Å². The van der Waals surface area contributed by atoms with Gasteiger partial charge in [-0.25, -0.2) is 4.39 Å². The van der Waals surface area contributed by atoms with Gasteiger partial charge in [0.2, 0.25) is 0 Å². The molecule has 0 radical (unpaired) electrons. The highest BCUT2D eigenvalue weighted by atomic mass is 19.1. The summed E-state index contributed by atoms with van der Waals surface area (Å²) in [7, 11) is 2.10. The zero-order valence-electron chi connectivity index (χ0n) is 12.7. The van der Waals surface area contributed by atoms with Crippen molar-refractivity contribution in [3.05, 3.63) is 30.2 Å². The molecule has 112 valence electrons. The largest absolute Gasteiger partial charge is 0.398 e. The van der Waals surface area contributed by atoms with Gasteiger partial charge in [-0.15, -0.1) is 0 Å². The highest BCUT2D eigenvalue weighted by molar-refractivity contribution is 5.99. The minimum absolute atomic E-state index is 0.00677. The molecular weight excluding hydrogens is 267 g/mol. The van der Waals surface area contributed by atoms with Crippen LogP contribution in [0.1, 0.15) is 13.8 Å². The van der Waals surface area contributed by atoms with Crippen LogP contribution in [-0.2, 0) is 0 Å². The van der Waals surface area contributed by atoms with Crippen LogP contribution in [0, 0.1) is 5.82 Å². The third kappa shape index (κ3) is 2.31. The summed E-state index contributed by atoms with van der Waals surface area (Å²) >= 11 is 0. The van der Waals surface area contributed by atoms with Gasteiger partial charge in [-0.1, -0.05) is 0 Å². The van der Waals surface area contributed by atoms with Crippen LogP contribution in [0.3, 0.4) is 0 Å². The van der Waals surface area contributed by atoms with E-state index in [1.165, 1.54) is 6.07 Å². The summed E-state index contributed by atoms with van der Waals surface area (Å²) in [6, 6.07) is 5.13. The molecule has 0 atom stereocenters. The number of halogens is 1. The fraction of sp³-hybridized carbons (Fsp3) is 0.438. The number of fused-ring (bicyclic) bond motifs is 1. The molecule has 1 aliphatic heterocycles. The second kappa shape index (κ2) is 4.84. The zero-order valence-corrected chi connectivity index (χ0v) is 12.7. The predicted molar refractivity (Wildman–Crippen MR) is 85.0 cm³/mol. The summed E-state index contributed by atoms with van der Waals surface area (Å²) in [4.78, 5) is 8.76. The molecule has 1 fully saturated rings. The maximum absolute atomic E-state index is 14.5. The van der Waals surface area contributed by atoms with E-state index < -0.39 is 0 Å². The number of nitrogens with two attached hydrogens (primary N) is 1. The van der Waals surface area contributed by atoms with Crippen LogP contribution in [0.2, 0.25) is 0 Å². The first-order valence-electron chi connectivity index (χ1n) is 7.19. The summed E-state index contributed by atoms with van der Waals surface area (Å²) in [6.45, 7) is 6.78. The fourth-order valence-electron chi connectivity index (χ4n) is 2.95. The van der Waals surface area contributed by atoms with Crippen molar-refractivity contribution < 1.29 is 4.39 Å². The van der Waals surface area contributed by atoms with Gasteiger partial charge in [0.15, 0.2) is 5.82 Å². The predicted octanol–water partition coefficient (Wildman–Crippen LogP) is 2.49. The van der Waals surface area contributed by atoms with E-state index in [-0.39, 0.29) is 11.4 Å². The Bertz CT molecular complexity index is 683. The quantitative estimate of drug-likeness (QED) is 0.819. The van der Waals surface area contributed by atoms with Crippen LogP contribution >= 0.6 is 0 Å². The number of hydrogen-bond acceptors (Lipinski definition) is 4. The lowest BCUT2D eigenvalue weighted by molar-refractivity contribution is 0.138. The van der Waals surface area contributed by atoms with Crippen molar-refractivity contribution in [2.75, 3.05) is 37.3 Å². The standard InChI is InChI=1S/C16H21FN4/c1-16(2)10-21(8-7-20(16)3)15-12(17)9-13(18)11-5-4-6-19-14(11)15/h4-6,9H,7-8,10,18H2,1-3H3. The van der Waals surface area contributed by atoms with Gasteiger partial charge in [-0.2, -0.15) is 0 Å². The Hall–Kier alpha value is -1.88. The highest BCUT2D eigenvalue weighted by Gasteiger charge is 2.33. The Morgan fingerprint density at radius 1 is 1.33 bits per heavy atom. The van der Waals surface area contributed by atoms with Gasteiger partial charge >= 0.3 is 0 Å². The molecule has 1 aromatic carbocycles. The van der Waals surface area contributed by atoms with E-state index >= 15 is 0 Å². The van der Waals surface area contributed by atoms with Crippen molar-refractivity contribution in [1.82, 2.24) is 9.88 Å². The monoisotopic (exact) mass is 288 g/mol. The number of benzene rings is 1. The van der Waals surface area contributed by atoms with Gasteiger partial charge < -0.3 is 10.6 Å². The first-order valence-corrected chi connectivity index (χ1v) is 7.19. The summed E-state index contributed by atoms with van der Waals surface area (Å²) in [6.07, 6.45) is 1.69. The second-order valence-corrected chi connectivity index (χ2v) is 6.35. The molecule has 1 aliphatic rings. The number of anilines is 2. The maximum Gasteiger partial charge on any atom is 0.150 e.